The number of rotatable bonds is 4. The summed E-state index contributed by atoms with van der Waals surface area (Å²) < 4.78 is 34.2. The van der Waals surface area contributed by atoms with Crippen LogP contribution >= 0.6 is 0 Å². The Hall–Kier alpha value is -2.92. The number of hydrogen-bond acceptors (Lipinski definition) is 9. The number of nitrogens with zero attached hydrogens (tertiary/aromatic N) is 1. The Labute approximate surface area is 230 Å². The molecule has 1 amide bonds. The number of esters is 1. The van der Waals surface area contributed by atoms with Gasteiger partial charge in [-0.2, -0.15) is 0 Å². The normalized spacial score (nSPS) is 26.0. The zero-order valence-corrected chi connectivity index (χ0v) is 24.1. The van der Waals surface area contributed by atoms with Gasteiger partial charge in [0.05, 0.1) is 11.8 Å². The number of amides is 1. The lowest BCUT2D eigenvalue weighted by atomic mass is 10.0. The third-order valence-corrected chi connectivity index (χ3v) is 6.04. The predicted molar refractivity (Wildman–Crippen MR) is 146 cm³/mol. The lowest BCUT2D eigenvalue weighted by molar-refractivity contribution is -0.152. The highest BCUT2D eigenvalue weighted by molar-refractivity contribution is 5.99. The van der Waals surface area contributed by atoms with Crippen molar-refractivity contribution in [1.29, 1.82) is 0 Å². The van der Waals surface area contributed by atoms with Gasteiger partial charge in [-0.05, 0) is 59.6 Å². The minimum absolute atomic E-state index is 0.122. The van der Waals surface area contributed by atoms with Gasteiger partial charge in [0, 0.05) is 26.6 Å². The molecule has 0 radical (unpaired) electrons. The molecule has 2 heterocycles. The van der Waals surface area contributed by atoms with Crippen LogP contribution in [-0.4, -0.2) is 73.9 Å². The quantitative estimate of drug-likeness (QED) is 0.322. The van der Waals surface area contributed by atoms with Crippen LogP contribution in [0.5, 0.6) is 5.75 Å². The van der Waals surface area contributed by atoms with Crippen molar-refractivity contribution in [2.24, 2.45) is 0 Å². The molecule has 0 bridgehead atoms. The number of methoxy groups -OCH3 is 1. The number of aliphatic hydroxyl groups is 1. The highest BCUT2D eigenvalue weighted by Crippen LogP contribution is 2.35. The number of aliphatic hydroxyl groups excluding tert-OH is 1. The van der Waals surface area contributed by atoms with E-state index in [1.54, 1.807) is 79.0 Å². The van der Waals surface area contributed by atoms with Crippen molar-refractivity contribution in [2.45, 2.75) is 90.2 Å². The summed E-state index contributed by atoms with van der Waals surface area (Å²) in [4.78, 5) is 27.6. The molecule has 1 saturated heterocycles. The number of carbonyl (C=O) groups is 2. The minimum atomic E-state index is -0.897. The SMILES string of the molecule is COCOc1cc(N(C)C(=O)OC(C)(C)C)cc2c1C(=O)O[C@@H](C)C/C=C\C(O)[C@H]1OC(C)(C)O[C@H]1CC=C2. The molecule has 0 aromatic heterocycles. The third kappa shape index (κ3) is 8.28. The molecule has 1 fully saturated rings. The van der Waals surface area contributed by atoms with Gasteiger partial charge in [-0.1, -0.05) is 24.3 Å². The van der Waals surface area contributed by atoms with E-state index in [-0.39, 0.29) is 18.1 Å². The van der Waals surface area contributed by atoms with Gasteiger partial charge >= 0.3 is 12.1 Å². The fraction of sp³-hybridized carbons (Fsp3) is 0.586. The van der Waals surface area contributed by atoms with Crippen LogP contribution in [0.3, 0.4) is 0 Å². The first kappa shape index (κ1) is 30.6. The number of fused-ring (bicyclic) bond motifs is 2. The second kappa shape index (κ2) is 12.5. The molecule has 3 rings (SSSR count). The summed E-state index contributed by atoms with van der Waals surface area (Å²) in [5, 5.41) is 10.8. The largest absolute Gasteiger partial charge is 0.467 e. The molecule has 1 aromatic rings. The number of benzene rings is 1. The minimum Gasteiger partial charge on any atom is -0.467 e. The molecule has 10 nitrogen and oxygen atoms in total. The smallest absolute Gasteiger partial charge is 0.414 e. The van der Waals surface area contributed by atoms with Gasteiger partial charge in [0.15, 0.2) is 12.6 Å². The summed E-state index contributed by atoms with van der Waals surface area (Å²) in [6.45, 7) is 10.6. The molecule has 4 atom stereocenters. The van der Waals surface area contributed by atoms with E-state index < -0.39 is 47.9 Å². The topological polar surface area (TPSA) is 113 Å². The maximum absolute atomic E-state index is 13.4. The van der Waals surface area contributed by atoms with Crippen LogP contribution in [0, 0.1) is 0 Å². The molecule has 2 aliphatic heterocycles. The monoisotopic (exact) mass is 547 g/mol. The van der Waals surface area contributed by atoms with Crippen LogP contribution in [0.15, 0.2) is 30.4 Å². The maximum atomic E-state index is 13.4. The van der Waals surface area contributed by atoms with Gasteiger partial charge < -0.3 is 33.5 Å². The summed E-state index contributed by atoms with van der Waals surface area (Å²) in [5.41, 5.74) is 0.409. The summed E-state index contributed by atoms with van der Waals surface area (Å²) >= 11 is 0. The Kier molecular flexibility index (Phi) is 9.82. The predicted octanol–water partition coefficient (Wildman–Crippen LogP) is 4.83. The number of carbonyl (C=O) groups excluding carboxylic acids is 2. The van der Waals surface area contributed by atoms with Gasteiger partial charge in [0.1, 0.15) is 35.2 Å². The van der Waals surface area contributed by atoms with Crippen LogP contribution in [0.4, 0.5) is 10.5 Å². The molecule has 1 aromatic carbocycles. The van der Waals surface area contributed by atoms with Gasteiger partial charge in [0.25, 0.3) is 0 Å². The second-order valence-corrected chi connectivity index (χ2v) is 11.1. The first-order valence-corrected chi connectivity index (χ1v) is 13.0. The molecule has 39 heavy (non-hydrogen) atoms. The molecule has 0 saturated carbocycles. The number of ether oxygens (including phenoxy) is 6. The molecule has 216 valence electrons. The highest BCUT2D eigenvalue weighted by Gasteiger charge is 2.43. The Morgan fingerprint density at radius 3 is 2.56 bits per heavy atom. The van der Waals surface area contributed by atoms with Crippen molar-refractivity contribution in [3.8, 4) is 5.75 Å². The van der Waals surface area contributed by atoms with Crippen LogP contribution < -0.4 is 9.64 Å². The Balaban J connectivity index is 2.08. The summed E-state index contributed by atoms with van der Waals surface area (Å²) in [5.74, 6) is -1.26. The molecule has 2 aliphatic rings. The second-order valence-electron chi connectivity index (χ2n) is 11.1. The van der Waals surface area contributed by atoms with E-state index in [4.69, 9.17) is 28.4 Å². The van der Waals surface area contributed by atoms with Gasteiger partial charge in [0.2, 0.25) is 0 Å². The molecule has 1 N–H and O–H groups in total. The summed E-state index contributed by atoms with van der Waals surface area (Å²) in [7, 11) is 3.05. The van der Waals surface area contributed by atoms with E-state index in [1.807, 2.05) is 6.08 Å². The van der Waals surface area contributed by atoms with E-state index in [0.717, 1.165) is 0 Å². The van der Waals surface area contributed by atoms with Crippen molar-refractivity contribution >= 4 is 23.8 Å². The Bertz CT molecular complexity index is 1090. The highest BCUT2D eigenvalue weighted by atomic mass is 16.8. The lowest BCUT2D eigenvalue weighted by Crippen LogP contribution is -2.34. The summed E-state index contributed by atoms with van der Waals surface area (Å²) in [6.07, 6.45) is 4.79. The standard InChI is InChI=1S/C29H41NO9/c1-18-11-9-13-21(31)25-22(37-29(5,6)38-25)14-10-12-19-15-20(30(7)27(33)39-28(2,3)4)16-23(35-17-34-8)24(19)26(32)36-18/h9-10,12-13,15-16,18,21-22,25,31H,11,14,17H2,1-8H3/b12-10?,13-9-/t18-,21?,22-,25+/m0/s1. The maximum Gasteiger partial charge on any atom is 0.414 e. The number of anilines is 1. The fourth-order valence-corrected chi connectivity index (χ4v) is 4.31. The number of hydrogen-bond donors (Lipinski definition) is 1. The average molecular weight is 548 g/mol. The Morgan fingerprint density at radius 1 is 1.18 bits per heavy atom. The van der Waals surface area contributed by atoms with E-state index in [9.17, 15) is 14.7 Å². The van der Waals surface area contributed by atoms with E-state index >= 15 is 0 Å². The molecule has 0 aliphatic carbocycles. The van der Waals surface area contributed by atoms with E-state index in [2.05, 4.69) is 0 Å². The molecule has 10 heteroatoms. The zero-order valence-electron chi connectivity index (χ0n) is 24.1. The molecule has 1 unspecified atom stereocenters. The van der Waals surface area contributed by atoms with E-state index in [0.29, 0.717) is 24.1 Å². The first-order chi connectivity index (χ1) is 18.2. The van der Waals surface area contributed by atoms with Crippen LogP contribution in [0.25, 0.3) is 6.08 Å². The lowest BCUT2D eigenvalue weighted by Gasteiger charge is -2.26. The third-order valence-electron chi connectivity index (χ3n) is 6.04. The van der Waals surface area contributed by atoms with Crippen molar-refractivity contribution in [3.05, 3.63) is 41.5 Å². The zero-order chi connectivity index (χ0) is 29.0. The molecule has 0 spiro atoms. The van der Waals surface area contributed by atoms with Crippen molar-refractivity contribution < 1.29 is 43.1 Å². The molecular weight excluding hydrogens is 506 g/mol. The fourth-order valence-electron chi connectivity index (χ4n) is 4.31. The van der Waals surface area contributed by atoms with E-state index in [1.165, 1.54) is 12.0 Å². The van der Waals surface area contributed by atoms with Crippen molar-refractivity contribution in [3.63, 3.8) is 0 Å². The van der Waals surface area contributed by atoms with Crippen LogP contribution in [0.2, 0.25) is 0 Å². The van der Waals surface area contributed by atoms with Crippen molar-refractivity contribution in [2.75, 3.05) is 25.9 Å². The summed E-state index contributed by atoms with van der Waals surface area (Å²) in [6, 6.07) is 3.27. The van der Waals surface area contributed by atoms with Crippen LogP contribution in [-0.2, 0) is 23.7 Å². The number of cyclic esters (lactones) is 1. The first-order valence-electron chi connectivity index (χ1n) is 13.0. The molecular formula is C29H41NO9. The van der Waals surface area contributed by atoms with Gasteiger partial charge in [-0.3, -0.25) is 4.90 Å². The van der Waals surface area contributed by atoms with Gasteiger partial charge in [-0.15, -0.1) is 0 Å². The van der Waals surface area contributed by atoms with Gasteiger partial charge in [-0.25, -0.2) is 9.59 Å². The van der Waals surface area contributed by atoms with Crippen molar-refractivity contribution in [1.82, 2.24) is 0 Å². The van der Waals surface area contributed by atoms with Crippen LogP contribution in [0.1, 0.15) is 70.3 Å². The Morgan fingerprint density at radius 2 is 1.90 bits per heavy atom. The average Bonchev–Trinajstić information content (AvgIpc) is 3.14.